The second-order valence-electron chi connectivity index (χ2n) is 8.60. The van der Waals surface area contributed by atoms with E-state index in [1.54, 1.807) is 37.0 Å². The van der Waals surface area contributed by atoms with E-state index in [1.165, 1.54) is 10.6 Å². The average Bonchev–Trinajstić information content (AvgIpc) is 3.33. The van der Waals surface area contributed by atoms with Crippen molar-refractivity contribution in [3.05, 3.63) is 87.6 Å². The monoisotopic (exact) mass is 515 g/mol. The van der Waals surface area contributed by atoms with Gasteiger partial charge in [-0.3, -0.25) is 14.0 Å². The Morgan fingerprint density at radius 3 is 2.43 bits per heavy atom. The molecule has 0 aliphatic carbocycles. The van der Waals surface area contributed by atoms with Gasteiger partial charge in [0.15, 0.2) is 5.69 Å². The molecule has 3 aromatic heterocycles. The molecular formula is C26H22ClN7O3. The summed E-state index contributed by atoms with van der Waals surface area (Å²) < 4.78 is 3.15. The first kappa shape index (κ1) is 24.1. The number of halogens is 1. The molecule has 0 fully saturated rings. The van der Waals surface area contributed by atoms with E-state index in [0.717, 1.165) is 22.4 Å². The van der Waals surface area contributed by atoms with Gasteiger partial charge in [-0.25, -0.2) is 14.8 Å². The van der Waals surface area contributed by atoms with E-state index in [2.05, 4.69) is 20.6 Å². The number of aromatic carboxylic acids is 1. The van der Waals surface area contributed by atoms with Crippen LogP contribution >= 0.6 is 11.6 Å². The summed E-state index contributed by atoms with van der Waals surface area (Å²) in [6.45, 7) is 1.86. The third-order valence-electron chi connectivity index (χ3n) is 6.08. The molecule has 0 amide bonds. The number of nitrogens with one attached hydrogen (secondary N) is 1. The van der Waals surface area contributed by atoms with Gasteiger partial charge in [-0.05, 0) is 25.1 Å². The number of benzene rings is 2. The van der Waals surface area contributed by atoms with Gasteiger partial charge in [0.05, 0.1) is 28.8 Å². The highest BCUT2D eigenvalue weighted by molar-refractivity contribution is 6.29. The SMILES string of the molecule is C[C@@H](Nc1ccc(Cl)nc1C(=O)O)c1cccc2c(=O)n(C)c(-c3ccc(-c4cn(C)nn4)cc3)nc12. The number of rotatable bonds is 6. The van der Waals surface area contributed by atoms with Crippen LogP contribution in [0.15, 0.2) is 65.6 Å². The number of pyridine rings is 1. The van der Waals surface area contributed by atoms with Crippen LogP contribution in [0.4, 0.5) is 5.69 Å². The topological polar surface area (TPSA) is 128 Å². The zero-order chi connectivity index (χ0) is 26.3. The summed E-state index contributed by atoms with van der Waals surface area (Å²) in [6.07, 6.45) is 1.83. The van der Waals surface area contributed by atoms with E-state index in [1.807, 2.05) is 43.5 Å². The Morgan fingerprint density at radius 1 is 1.03 bits per heavy atom. The summed E-state index contributed by atoms with van der Waals surface area (Å²) in [5.41, 5.74) is 3.60. The van der Waals surface area contributed by atoms with Crippen LogP contribution in [0.5, 0.6) is 0 Å². The summed E-state index contributed by atoms with van der Waals surface area (Å²) >= 11 is 5.89. The highest BCUT2D eigenvalue weighted by Gasteiger charge is 2.19. The Labute approximate surface area is 216 Å². The van der Waals surface area contributed by atoms with Crippen molar-refractivity contribution >= 4 is 34.2 Å². The average molecular weight is 516 g/mol. The van der Waals surface area contributed by atoms with E-state index in [4.69, 9.17) is 16.6 Å². The van der Waals surface area contributed by atoms with Crippen LogP contribution in [0, 0.1) is 0 Å². The van der Waals surface area contributed by atoms with Gasteiger partial charge >= 0.3 is 5.97 Å². The van der Waals surface area contributed by atoms with E-state index >= 15 is 0 Å². The van der Waals surface area contributed by atoms with Crippen LogP contribution in [0.3, 0.4) is 0 Å². The molecule has 0 aliphatic rings. The predicted molar refractivity (Wildman–Crippen MR) is 141 cm³/mol. The zero-order valence-electron chi connectivity index (χ0n) is 20.2. The molecule has 0 spiro atoms. The number of anilines is 1. The summed E-state index contributed by atoms with van der Waals surface area (Å²) in [5.74, 6) is -0.698. The van der Waals surface area contributed by atoms with E-state index in [-0.39, 0.29) is 16.4 Å². The lowest BCUT2D eigenvalue weighted by atomic mass is 10.0. The lowest BCUT2D eigenvalue weighted by Gasteiger charge is -2.19. The van der Waals surface area contributed by atoms with Crippen molar-refractivity contribution in [3.63, 3.8) is 0 Å². The number of carbonyl (C=O) groups is 1. The fourth-order valence-corrected chi connectivity index (χ4v) is 4.37. The van der Waals surface area contributed by atoms with Gasteiger partial charge in [0, 0.05) is 30.8 Å². The van der Waals surface area contributed by atoms with Crippen molar-refractivity contribution in [2.24, 2.45) is 14.1 Å². The number of nitrogens with zero attached hydrogens (tertiary/aromatic N) is 6. The predicted octanol–water partition coefficient (Wildman–Crippen LogP) is 4.32. The van der Waals surface area contributed by atoms with Crippen molar-refractivity contribution in [2.75, 3.05) is 5.32 Å². The molecule has 1 atom stereocenters. The van der Waals surface area contributed by atoms with Crippen molar-refractivity contribution < 1.29 is 9.90 Å². The molecular weight excluding hydrogens is 494 g/mol. The van der Waals surface area contributed by atoms with Crippen LogP contribution in [0.2, 0.25) is 5.15 Å². The number of hydrogen-bond acceptors (Lipinski definition) is 7. The lowest BCUT2D eigenvalue weighted by molar-refractivity contribution is 0.0691. The highest BCUT2D eigenvalue weighted by Crippen LogP contribution is 2.29. The number of aromatic nitrogens is 6. The van der Waals surface area contributed by atoms with Crippen molar-refractivity contribution in [2.45, 2.75) is 13.0 Å². The van der Waals surface area contributed by atoms with Crippen LogP contribution in [-0.2, 0) is 14.1 Å². The third kappa shape index (κ3) is 4.54. The largest absolute Gasteiger partial charge is 0.476 e. The van der Waals surface area contributed by atoms with E-state index < -0.39 is 12.0 Å². The zero-order valence-corrected chi connectivity index (χ0v) is 20.9. The molecule has 3 heterocycles. The molecule has 5 aromatic rings. The molecule has 0 bridgehead atoms. The minimum atomic E-state index is -1.20. The van der Waals surface area contributed by atoms with E-state index in [9.17, 15) is 14.7 Å². The Bertz CT molecular complexity index is 1710. The summed E-state index contributed by atoms with van der Waals surface area (Å²) in [4.78, 5) is 33.8. The molecule has 0 saturated carbocycles. The van der Waals surface area contributed by atoms with Crippen molar-refractivity contribution in [3.8, 4) is 22.6 Å². The number of carboxylic acid groups (broad SMARTS) is 1. The lowest BCUT2D eigenvalue weighted by Crippen LogP contribution is -2.21. The number of fused-ring (bicyclic) bond motifs is 1. The number of hydrogen-bond donors (Lipinski definition) is 2. The fraction of sp³-hybridized carbons (Fsp3) is 0.154. The van der Waals surface area contributed by atoms with Gasteiger partial charge in [-0.2, -0.15) is 0 Å². The molecule has 37 heavy (non-hydrogen) atoms. The van der Waals surface area contributed by atoms with Crippen LogP contribution in [-0.4, -0.2) is 40.6 Å². The summed E-state index contributed by atoms with van der Waals surface area (Å²) in [6, 6.07) is 15.7. The van der Waals surface area contributed by atoms with Crippen LogP contribution in [0.1, 0.15) is 29.0 Å². The first-order chi connectivity index (χ1) is 17.7. The standard InChI is InChI=1S/C26H22ClN7O3/c1-14(28-19-11-12-21(27)29-23(19)26(36)37)17-5-4-6-18-22(17)30-24(34(3)25(18)35)16-9-7-15(8-10-16)20-13-33(2)32-31-20/h4-14,28H,1-3H3,(H,36,37)/t14-/m1/s1. The van der Waals surface area contributed by atoms with Crippen molar-refractivity contribution in [1.29, 1.82) is 0 Å². The number of carboxylic acids is 1. The second-order valence-corrected chi connectivity index (χ2v) is 8.99. The number of para-hydroxylation sites is 1. The molecule has 2 N–H and O–H groups in total. The second kappa shape index (κ2) is 9.47. The maximum Gasteiger partial charge on any atom is 0.356 e. The van der Waals surface area contributed by atoms with Gasteiger partial charge in [0.2, 0.25) is 0 Å². The van der Waals surface area contributed by atoms with Crippen LogP contribution in [0.25, 0.3) is 33.5 Å². The van der Waals surface area contributed by atoms with Crippen molar-refractivity contribution in [1.82, 2.24) is 29.5 Å². The van der Waals surface area contributed by atoms with E-state index in [0.29, 0.717) is 22.4 Å². The summed E-state index contributed by atoms with van der Waals surface area (Å²) in [5, 5.41) is 21.4. The molecule has 0 radical (unpaired) electrons. The summed E-state index contributed by atoms with van der Waals surface area (Å²) in [7, 11) is 3.49. The Kier molecular flexibility index (Phi) is 6.18. The Morgan fingerprint density at radius 2 is 1.76 bits per heavy atom. The third-order valence-corrected chi connectivity index (χ3v) is 6.29. The van der Waals surface area contributed by atoms with Gasteiger partial charge in [-0.15, -0.1) is 5.10 Å². The minimum absolute atomic E-state index is 0.0842. The maximum atomic E-state index is 13.3. The van der Waals surface area contributed by atoms with Gasteiger partial charge in [0.25, 0.3) is 5.56 Å². The Balaban J connectivity index is 1.57. The molecule has 186 valence electrons. The normalized spacial score (nSPS) is 12.0. The molecule has 0 unspecified atom stereocenters. The first-order valence-electron chi connectivity index (χ1n) is 11.4. The molecule has 0 saturated heterocycles. The molecule has 11 heteroatoms. The van der Waals surface area contributed by atoms with Gasteiger partial charge in [-0.1, -0.05) is 53.2 Å². The highest BCUT2D eigenvalue weighted by atomic mass is 35.5. The minimum Gasteiger partial charge on any atom is -0.476 e. The smallest absolute Gasteiger partial charge is 0.356 e. The number of aryl methyl sites for hydroxylation is 1. The fourth-order valence-electron chi connectivity index (χ4n) is 4.22. The first-order valence-corrected chi connectivity index (χ1v) is 11.7. The molecule has 0 aliphatic heterocycles. The van der Waals surface area contributed by atoms with Gasteiger partial charge < -0.3 is 10.4 Å². The van der Waals surface area contributed by atoms with Crippen LogP contribution < -0.4 is 10.9 Å². The maximum absolute atomic E-state index is 13.3. The molecule has 2 aromatic carbocycles. The molecule has 10 nitrogen and oxygen atoms in total. The molecule has 5 rings (SSSR count). The quantitative estimate of drug-likeness (QED) is 0.320. The van der Waals surface area contributed by atoms with Gasteiger partial charge in [0.1, 0.15) is 16.7 Å². The Hall–Kier alpha value is -4.57.